The molecule has 0 aliphatic heterocycles. The maximum Gasteiger partial charge on any atom is 0.333 e. The van der Waals surface area contributed by atoms with Crippen LogP contribution in [0.2, 0.25) is 0 Å². The first-order chi connectivity index (χ1) is 21.0. The highest BCUT2D eigenvalue weighted by Crippen LogP contribution is 2.38. The Morgan fingerprint density at radius 1 is 0.860 bits per heavy atom. The van der Waals surface area contributed by atoms with Crippen LogP contribution in [0.25, 0.3) is 11.1 Å². The summed E-state index contributed by atoms with van der Waals surface area (Å²) in [6, 6.07) is 32.5. The minimum absolute atomic E-state index is 0.144. The fourth-order valence-corrected chi connectivity index (χ4v) is 6.19. The number of carbonyl (C=O) groups is 1. The number of nitrogens with zero attached hydrogens (tertiary/aromatic N) is 1. The van der Waals surface area contributed by atoms with Gasteiger partial charge < -0.3 is 14.6 Å². The molecular formula is C38H43NO4. The number of aryl methyl sites for hydroxylation is 3. The van der Waals surface area contributed by atoms with Gasteiger partial charge in [0, 0.05) is 19.6 Å². The van der Waals surface area contributed by atoms with Crippen LogP contribution < -0.4 is 4.74 Å². The second-order valence-corrected chi connectivity index (χ2v) is 11.4. The van der Waals surface area contributed by atoms with E-state index in [1.165, 1.54) is 38.9 Å². The molecule has 0 saturated carbocycles. The molecule has 0 saturated heterocycles. The molecule has 5 rings (SSSR count). The Morgan fingerprint density at radius 3 is 2.21 bits per heavy atom. The van der Waals surface area contributed by atoms with Crippen LogP contribution in [-0.4, -0.2) is 48.9 Å². The Labute approximate surface area is 256 Å². The summed E-state index contributed by atoms with van der Waals surface area (Å²) in [5.74, 6) is -0.163. The van der Waals surface area contributed by atoms with E-state index >= 15 is 0 Å². The molecule has 1 N–H and O–H groups in total. The predicted molar refractivity (Wildman–Crippen MR) is 173 cm³/mol. The van der Waals surface area contributed by atoms with Gasteiger partial charge in [-0.25, -0.2) is 4.79 Å². The summed E-state index contributed by atoms with van der Waals surface area (Å²) >= 11 is 0. The average molecular weight is 578 g/mol. The molecule has 224 valence electrons. The number of hydrogen-bond acceptors (Lipinski definition) is 4. The van der Waals surface area contributed by atoms with Crippen LogP contribution in [0, 0.1) is 0 Å². The van der Waals surface area contributed by atoms with Crippen LogP contribution in [-0.2, 0) is 35.2 Å². The van der Waals surface area contributed by atoms with Crippen LogP contribution in [0.4, 0.5) is 0 Å². The molecule has 1 aliphatic carbocycles. The fourth-order valence-electron chi connectivity index (χ4n) is 6.19. The molecule has 2 atom stereocenters. The standard InChI is InChI=1S/C38H43NO4/c1-4-9-27-14-20-34-31(24-27)15-16-32-26-30(29-10-7-6-8-11-29)17-21-35(32)37(34)39(3)22-23-43-33-18-12-28(13-19-33)25-36(38(40)41)42-5-2/h6-8,10-14,17-21,24,26,36-37H,4-5,9,15-16,22-23,25H2,1-3H3,(H,40,41). The number of benzene rings is 4. The van der Waals surface area contributed by atoms with E-state index in [-0.39, 0.29) is 6.04 Å². The number of aliphatic carboxylic acids is 1. The summed E-state index contributed by atoms with van der Waals surface area (Å²) in [7, 11) is 2.20. The zero-order valence-electron chi connectivity index (χ0n) is 25.6. The van der Waals surface area contributed by atoms with Crippen LogP contribution in [0.3, 0.4) is 0 Å². The maximum absolute atomic E-state index is 11.4. The molecule has 0 radical (unpaired) electrons. The Hall–Kier alpha value is -3.93. The van der Waals surface area contributed by atoms with Crippen molar-refractivity contribution in [1.82, 2.24) is 4.90 Å². The van der Waals surface area contributed by atoms with E-state index in [9.17, 15) is 9.90 Å². The van der Waals surface area contributed by atoms with Crippen LogP contribution in [0.1, 0.15) is 59.7 Å². The van der Waals surface area contributed by atoms with Crippen molar-refractivity contribution in [3.8, 4) is 16.9 Å². The lowest BCUT2D eigenvalue weighted by Gasteiger charge is -2.31. The second kappa shape index (κ2) is 14.5. The van der Waals surface area contributed by atoms with Crippen LogP contribution in [0.5, 0.6) is 5.75 Å². The lowest BCUT2D eigenvalue weighted by Crippen LogP contribution is -2.30. The summed E-state index contributed by atoms with van der Waals surface area (Å²) in [4.78, 5) is 13.9. The van der Waals surface area contributed by atoms with Gasteiger partial charge in [-0.2, -0.15) is 0 Å². The Morgan fingerprint density at radius 2 is 1.53 bits per heavy atom. The number of ether oxygens (including phenoxy) is 2. The fraction of sp³-hybridized carbons (Fsp3) is 0.342. The van der Waals surface area contributed by atoms with Gasteiger partial charge in [0.05, 0.1) is 6.04 Å². The first kappa shape index (κ1) is 30.5. The molecule has 0 heterocycles. The maximum atomic E-state index is 11.4. The van der Waals surface area contributed by atoms with Crippen LogP contribution >= 0.6 is 0 Å². The van der Waals surface area contributed by atoms with Crippen molar-refractivity contribution in [2.45, 2.75) is 58.1 Å². The number of carboxylic acids is 1. The molecule has 0 aromatic heterocycles. The quantitative estimate of drug-likeness (QED) is 0.178. The third-order valence-corrected chi connectivity index (χ3v) is 8.39. The number of likely N-dealkylation sites (N-methyl/N-ethyl adjacent to an activating group) is 1. The van der Waals surface area contributed by atoms with Gasteiger partial charge in [-0.3, -0.25) is 4.90 Å². The van der Waals surface area contributed by atoms with Crippen molar-refractivity contribution >= 4 is 5.97 Å². The Kier molecular flexibility index (Phi) is 10.3. The monoisotopic (exact) mass is 577 g/mol. The number of rotatable bonds is 13. The highest BCUT2D eigenvalue weighted by Gasteiger charge is 2.27. The first-order valence-electron chi connectivity index (χ1n) is 15.5. The molecule has 1 aliphatic rings. The summed E-state index contributed by atoms with van der Waals surface area (Å²) in [5.41, 5.74) is 10.5. The normalized spacial score (nSPS) is 14.9. The average Bonchev–Trinajstić information content (AvgIpc) is 3.18. The molecule has 5 nitrogen and oxygen atoms in total. The second-order valence-electron chi connectivity index (χ2n) is 11.4. The van der Waals surface area contributed by atoms with Crippen LogP contribution in [0.15, 0.2) is 91.0 Å². The number of hydrogen-bond donors (Lipinski definition) is 1. The van der Waals surface area contributed by atoms with Crippen molar-refractivity contribution in [3.05, 3.63) is 124 Å². The zero-order chi connectivity index (χ0) is 30.2. The zero-order valence-corrected chi connectivity index (χ0v) is 25.6. The molecule has 2 unspecified atom stereocenters. The predicted octanol–water partition coefficient (Wildman–Crippen LogP) is 7.54. The number of fused-ring (bicyclic) bond motifs is 2. The molecule has 0 spiro atoms. The Balaban J connectivity index is 1.33. The highest BCUT2D eigenvalue weighted by atomic mass is 16.5. The van der Waals surface area contributed by atoms with E-state index in [2.05, 4.69) is 85.6 Å². The molecule has 0 bridgehead atoms. The lowest BCUT2D eigenvalue weighted by molar-refractivity contribution is -0.149. The van der Waals surface area contributed by atoms with Crippen molar-refractivity contribution < 1.29 is 19.4 Å². The molecule has 0 fully saturated rings. The van der Waals surface area contributed by atoms with Gasteiger partial charge in [0.1, 0.15) is 12.4 Å². The first-order valence-corrected chi connectivity index (χ1v) is 15.5. The van der Waals surface area contributed by atoms with E-state index in [1.54, 1.807) is 0 Å². The van der Waals surface area contributed by atoms with Gasteiger partial charge in [0.15, 0.2) is 6.10 Å². The summed E-state index contributed by atoms with van der Waals surface area (Å²) in [6.45, 7) is 5.72. The van der Waals surface area contributed by atoms with E-state index in [1.807, 2.05) is 31.2 Å². The van der Waals surface area contributed by atoms with Crippen molar-refractivity contribution in [1.29, 1.82) is 0 Å². The van der Waals surface area contributed by atoms with E-state index < -0.39 is 12.1 Å². The van der Waals surface area contributed by atoms with E-state index in [0.29, 0.717) is 19.6 Å². The smallest absolute Gasteiger partial charge is 0.333 e. The summed E-state index contributed by atoms with van der Waals surface area (Å²) < 4.78 is 11.5. The molecular weight excluding hydrogens is 534 g/mol. The van der Waals surface area contributed by atoms with Gasteiger partial charge in [-0.1, -0.05) is 92.2 Å². The summed E-state index contributed by atoms with van der Waals surface area (Å²) in [5, 5.41) is 9.38. The topological polar surface area (TPSA) is 59.0 Å². The Bertz CT molecular complexity index is 1500. The van der Waals surface area contributed by atoms with Gasteiger partial charge in [-0.15, -0.1) is 0 Å². The third-order valence-electron chi connectivity index (χ3n) is 8.39. The third kappa shape index (κ3) is 7.54. The summed E-state index contributed by atoms with van der Waals surface area (Å²) in [6.07, 6.45) is 3.81. The van der Waals surface area contributed by atoms with Gasteiger partial charge in [0.2, 0.25) is 0 Å². The molecule has 43 heavy (non-hydrogen) atoms. The SMILES string of the molecule is CCCc1ccc2c(c1)CCc1cc(-c3ccccc3)ccc1C2N(C)CCOc1ccc(CC(OCC)C(=O)O)cc1. The van der Waals surface area contributed by atoms with Crippen molar-refractivity contribution in [2.75, 3.05) is 26.8 Å². The number of carboxylic acid groups (broad SMARTS) is 1. The highest BCUT2D eigenvalue weighted by molar-refractivity contribution is 5.72. The minimum Gasteiger partial charge on any atom is -0.492 e. The molecule has 0 amide bonds. The van der Waals surface area contributed by atoms with Crippen molar-refractivity contribution in [2.24, 2.45) is 0 Å². The van der Waals surface area contributed by atoms with Gasteiger partial charge in [-0.05, 0) is 89.9 Å². The lowest BCUT2D eigenvalue weighted by atomic mass is 9.90. The van der Waals surface area contributed by atoms with Gasteiger partial charge >= 0.3 is 5.97 Å². The largest absolute Gasteiger partial charge is 0.492 e. The van der Waals surface area contributed by atoms with E-state index in [0.717, 1.165) is 43.5 Å². The molecule has 4 aromatic carbocycles. The van der Waals surface area contributed by atoms with Crippen molar-refractivity contribution in [3.63, 3.8) is 0 Å². The molecule has 5 heteroatoms. The minimum atomic E-state index is -0.940. The van der Waals surface area contributed by atoms with Gasteiger partial charge in [0.25, 0.3) is 0 Å². The van der Waals surface area contributed by atoms with E-state index in [4.69, 9.17) is 9.47 Å². The molecule has 4 aromatic rings.